The number of rotatable bonds is 0. The summed E-state index contributed by atoms with van der Waals surface area (Å²) in [6.45, 7) is 4.58. The fourth-order valence-electron chi connectivity index (χ4n) is 6.26. The van der Waals surface area contributed by atoms with Crippen molar-refractivity contribution in [2.45, 2.75) is 58.8 Å². The summed E-state index contributed by atoms with van der Waals surface area (Å²) in [6, 6.07) is 0. The molecule has 4 aliphatic carbocycles. The molecule has 0 heterocycles. The van der Waals surface area contributed by atoms with E-state index in [0.29, 0.717) is 23.4 Å². The first-order valence-corrected chi connectivity index (χ1v) is 8.77. The minimum atomic E-state index is 0.247. The molecule has 3 fully saturated rings. The molecule has 3 saturated carbocycles. The summed E-state index contributed by atoms with van der Waals surface area (Å²) in [6.07, 6.45) is 9.27. The zero-order chi connectivity index (χ0) is 14.8. The molecule has 6 atom stereocenters. The summed E-state index contributed by atoms with van der Waals surface area (Å²) in [5.74, 6) is 4.02. The van der Waals surface area contributed by atoms with Crippen molar-refractivity contribution in [3.63, 3.8) is 0 Å². The predicted octanol–water partition coefficient (Wildman–Crippen LogP) is 3.94. The van der Waals surface area contributed by atoms with Crippen LogP contribution in [0.25, 0.3) is 0 Å². The zero-order valence-corrected chi connectivity index (χ0v) is 13.2. The van der Waals surface area contributed by atoms with E-state index in [9.17, 15) is 9.59 Å². The van der Waals surface area contributed by atoms with Gasteiger partial charge in [0, 0.05) is 18.8 Å². The highest BCUT2D eigenvalue weighted by Gasteiger charge is 2.56. The summed E-state index contributed by atoms with van der Waals surface area (Å²) in [7, 11) is 0. The number of allylic oxidation sites excluding steroid dienone is 2. The van der Waals surface area contributed by atoms with Crippen molar-refractivity contribution >= 4 is 11.6 Å². The van der Waals surface area contributed by atoms with E-state index in [4.69, 9.17) is 0 Å². The standard InChI is InChI=1S/C19H26O2/c1-11-16-10-17-15(14(16)5-6-18(11)21)4-3-12-9-13(20)7-8-19(12,17)2/h9,11,14-17H,3-8,10H2,1-2H3/t11-,14+,15+,16+,17-,19+/m1/s1. The molecule has 0 aromatic heterocycles. The van der Waals surface area contributed by atoms with Crippen molar-refractivity contribution < 1.29 is 9.59 Å². The van der Waals surface area contributed by atoms with Gasteiger partial charge in [0.2, 0.25) is 0 Å². The van der Waals surface area contributed by atoms with Crippen molar-refractivity contribution in [3.05, 3.63) is 11.6 Å². The first-order chi connectivity index (χ1) is 10.0. The van der Waals surface area contributed by atoms with Gasteiger partial charge in [-0.15, -0.1) is 0 Å². The number of ketones is 2. The third-order valence-corrected chi connectivity index (χ3v) is 7.54. The first-order valence-electron chi connectivity index (χ1n) is 8.77. The van der Waals surface area contributed by atoms with Crippen LogP contribution in [0.2, 0.25) is 0 Å². The molecule has 21 heavy (non-hydrogen) atoms. The Balaban J connectivity index is 1.68. The smallest absolute Gasteiger partial charge is 0.155 e. The lowest BCUT2D eigenvalue weighted by Gasteiger charge is -2.48. The van der Waals surface area contributed by atoms with Gasteiger partial charge in [-0.3, -0.25) is 9.59 Å². The normalized spacial score (nSPS) is 49.2. The molecular weight excluding hydrogens is 260 g/mol. The molecule has 4 aliphatic rings. The Morgan fingerprint density at radius 3 is 2.62 bits per heavy atom. The predicted molar refractivity (Wildman–Crippen MR) is 81.6 cm³/mol. The van der Waals surface area contributed by atoms with E-state index in [0.717, 1.165) is 43.9 Å². The van der Waals surface area contributed by atoms with E-state index in [-0.39, 0.29) is 11.3 Å². The van der Waals surface area contributed by atoms with Crippen LogP contribution in [0.1, 0.15) is 58.8 Å². The first kappa shape index (κ1) is 13.7. The molecule has 114 valence electrons. The highest BCUT2D eigenvalue weighted by atomic mass is 16.1. The van der Waals surface area contributed by atoms with Gasteiger partial charge in [-0.05, 0) is 67.3 Å². The summed E-state index contributed by atoms with van der Waals surface area (Å²) in [4.78, 5) is 23.9. The molecule has 0 radical (unpaired) electrons. The van der Waals surface area contributed by atoms with E-state index >= 15 is 0 Å². The molecule has 0 unspecified atom stereocenters. The average Bonchev–Trinajstić information content (AvgIpc) is 2.84. The quantitative estimate of drug-likeness (QED) is 0.676. The fraction of sp³-hybridized carbons (Fsp3) is 0.789. The molecular formula is C19H26O2. The van der Waals surface area contributed by atoms with E-state index < -0.39 is 0 Å². The van der Waals surface area contributed by atoms with Crippen LogP contribution < -0.4 is 0 Å². The monoisotopic (exact) mass is 286 g/mol. The van der Waals surface area contributed by atoms with Gasteiger partial charge in [0.15, 0.2) is 5.78 Å². The lowest BCUT2D eigenvalue weighted by Crippen LogP contribution is -2.40. The van der Waals surface area contributed by atoms with Gasteiger partial charge in [-0.25, -0.2) is 0 Å². The van der Waals surface area contributed by atoms with Crippen LogP contribution in [-0.2, 0) is 9.59 Å². The van der Waals surface area contributed by atoms with Crippen LogP contribution in [-0.4, -0.2) is 11.6 Å². The number of carbonyl (C=O) groups excluding carboxylic acids is 2. The minimum absolute atomic E-state index is 0.247. The maximum absolute atomic E-state index is 12.1. The van der Waals surface area contributed by atoms with Crippen molar-refractivity contribution in [1.82, 2.24) is 0 Å². The second kappa shape index (κ2) is 4.54. The average molecular weight is 286 g/mol. The summed E-state index contributed by atoms with van der Waals surface area (Å²) >= 11 is 0. The Morgan fingerprint density at radius 2 is 1.81 bits per heavy atom. The molecule has 2 nitrogen and oxygen atoms in total. The Kier molecular flexibility index (Phi) is 2.96. The van der Waals surface area contributed by atoms with Crippen molar-refractivity contribution in [1.29, 1.82) is 0 Å². The molecule has 0 aliphatic heterocycles. The van der Waals surface area contributed by atoms with Crippen LogP contribution in [0.5, 0.6) is 0 Å². The third kappa shape index (κ3) is 1.83. The SMILES string of the molecule is C[C@H]1C(=O)CC[C@@H]2[C@H]1C[C@@H]1[C@H]2CCC2=CC(=O)CC[C@@]21C. The minimum Gasteiger partial charge on any atom is -0.299 e. The number of fused-ring (bicyclic) bond motifs is 5. The van der Waals surface area contributed by atoms with E-state index in [1.807, 2.05) is 6.08 Å². The number of carbonyl (C=O) groups is 2. The van der Waals surface area contributed by atoms with Crippen molar-refractivity contribution in [2.75, 3.05) is 0 Å². The van der Waals surface area contributed by atoms with Gasteiger partial charge in [0.1, 0.15) is 5.78 Å². The third-order valence-electron chi connectivity index (χ3n) is 7.54. The Bertz CT molecular complexity index is 532. The number of hydrogen-bond donors (Lipinski definition) is 0. The Hall–Kier alpha value is -0.920. The van der Waals surface area contributed by atoms with Crippen molar-refractivity contribution in [2.24, 2.45) is 35.0 Å². The molecule has 0 aromatic rings. The highest BCUT2D eigenvalue weighted by Crippen LogP contribution is 2.63. The number of Topliss-reactive ketones (excluding diaryl/α,β-unsaturated/α-hetero) is 1. The molecule has 0 bridgehead atoms. The van der Waals surface area contributed by atoms with E-state index in [1.165, 1.54) is 18.4 Å². The molecule has 4 rings (SSSR count). The number of hydrogen-bond acceptors (Lipinski definition) is 2. The molecule has 2 heteroatoms. The molecule has 0 saturated heterocycles. The van der Waals surface area contributed by atoms with Gasteiger partial charge < -0.3 is 0 Å². The van der Waals surface area contributed by atoms with Crippen molar-refractivity contribution in [3.8, 4) is 0 Å². The zero-order valence-electron chi connectivity index (χ0n) is 13.2. The maximum atomic E-state index is 12.1. The summed E-state index contributed by atoms with van der Waals surface area (Å²) in [5, 5.41) is 0. The largest absolute Gasteiger partial charge is 0.299 e. The molecule has 0 spiro atoms. The topological polar surface area (TPSA) is 34.1 Å². The fourth-order valence-corrected chi connectivity index (χ4v) is 6.26. The maximum Gasteiger partial charge on any atom is 0.155 e. The second-order valence-electron chi connectivity index (χ2n) is 8.22. The van der Waals surface area contributed by atoms with Crippen LogP contribution >= 0.6 is 0 Å². The molecule has 0 N–H and O–H groups in total. The van der Waals surface area contributed by atoms with Gasteiger partial charge in [0.05, 0.1) is 0 Å². The van der Waals surface area contributed by atoms with Gasteiger partial charge in [-0.2, -0.15) is 0 Å². The highest BCUT2D eigenvalue weighted by molar-refractivity contribution is 5.91. The second-order valence-corrected chi connectivity index (χ2v) is 8.22. The molecule has 0 aromatic carbocycles. The summed E-state index contributed by atoms with van der Waals surface area (Å²) < 4.78 is 0. The molecule has 0 amide bonds. The van der Waals surface area contributed by atoms with Gasteiger partial charge in [-0.1, -0.05) is 19.4 Å². The van der Waals surface area contributed by atoms with Crippen LogP contribution in [0.3, 0.4) is 0 Å². The van der Waals surface area contributed by atoms with E-state index in [2.05, 4.69) is 13.8 Å². The van der Waals surface area contributed by atoms with Crippen LogP contribution in [0.4, 0.5) is 0 Å². The van der Waals surface area contributed by atoms with Gasteiger partial charge >= 0.3 is 0 Å². The van der Waals surface area contributed by atoms with E-state index in [1.54, 1.807) is 0 Å². The Labute approximate surface area is 127 Å². The summed E-state index contributed by atoms with van der Waals surface area (Å²) in [5.41, 5.74) is 1.68. The lowest BCUT2D eigenvalue weighted by molar-refractivity contribution is -0.127. The van der Waals surface area contributed by atoms with Crippen LogP contribution in [0.15, 0.2) is 11.6 Å². The van der Waals surface area contributed by atoms with Gasteiger partial charge in [0.25, 0.3) is 0 Å². The Morgan fingerprint density at radius 1 is 1.05 bits per heavy atom. The lowest BCUT2D eigenvalue weighted by atomic mass is 9.56. The van der Waals surface area contributed by atoms with Crippen LogP contribution in [0, 0.1) is 35.0 Å².